The molecule has 1 aliphatic rings. The molecule has 0 spiro atoms. The van der Waals surface area contributed by atoms with E-state index in [9.17, 15) is 12.8 Å². The van der Waals surface area contributed by atoms with Gasteiger partial charge >= 0.3 is 0 Å². The van der Waals surface area contributed by atoms with E-state index in [4.69, 9.17) is 11.6 Å². The molecule has 1 N–H and O–H groups in total. The van der Waals surface area contributed by atoms with Gasteiger partial charge in [-0.25, -0.2) is 12.8 Å². The minimum atomic E-state index is -3.77. The summed E-state index contributed by atoms with van der Waals surface area (Å²) >= 11 is 5.94. The van der Waals surface area contributed by atoms with E-state index in [1.165, 1.54) is 10.4 Å². The maximum absolute atomic E-state index is 13.3. The first-order valence-electron chi connectivity index (χ1n) is 6.58. The van der Waals surface area contributed by atoms with Crippen LogP contribution < -0.4 is 5.32 Å². The van der Waals surface area contributed by atoms with Crippen LogP contribution in [0.15, 0.2) is 23.1 Å². The van der Waals surface area contributed by atoms with E-state index >= 15 is 0 Å². The molecule has 1 saturated heterocycles. The summed E-state index contributed by atoms with van der Waals surface area (Å²) in [7, 11) is -1.98. The van der Waals surface area contributed by atoms with Gasteiger partial charge < -0.3 is 5.32 Å². The number of rotatable bonds is 4. The third-order valence-electron chi connectivity index (χ3n) is 3.49. The van der Waals surface area contributed by atoms with Gasteiger partial charge in [0.2, 0.25) is 10.0 Å². The zero-order valence-electron chi connectivity index (χ0n) is 11.3. The highest BCUT2D eigenvalue weighted by Gasteiger charge is 2.34. The number of likely N-dealkylation sites (N-methyl/N-ethyl adjacent to an activating group) is 1. The Morgan fingerprint density at radius 1 is 1.45 bits per heavy atom. The van der Waals surface area contributed by atoms with Gasteiger partial charge in [0, 0.05) is 19.1 Å². The molecule has 4 nitrogen and oxygen atoms in total. The summed E-state index contributed by atoms with van der Waals surface area (Å²) in [5, 5.41) is 3.06. The van der Waals surface area contributed by atoms with Gasteiger partial charge in [0.25, 0.3) is 0 Å². The van der Waals surface area contributed by atoms with Crippen molar-refractivity contribution in [1.29, 1.82) is 0 Å². The third kappa shape index (κ3) is 3.14. The highest BCUT2D eigenvalue weighted by atomic mass is 35.5. The molecular weight excluding hydrogens is 303 g/mol. The number of piperidine rings is 1. The first-order valence-corrected chi connectivity index (χ1v) is 8.40. The zero-order valence-corrected chi connectivity index (χ0v) is 12.8. The van der Waals surface area contributed by atoms with E-state index in [1.54, 1.807) is 7.05 Å². The second kappa shape index (κ2) is 6.39. The summed E-state index contributed by atoms with van der Waals surface area (Å²) in [5.41, 5.74) is 0. The topological polar surface area (TPSA) is 49.4 Å². The number of nitrogens with one attached hydrogen (secondary N) is 1. The van der Waals surface area contributed by atoms with Gasteiger partial charge in [-0.3, -0.25) is 0 Å². The van der Waals surface area contributed by atoms with Gasteiger partial charge in [0.15, 0.2) is 0 Å². The Morgan fingerprint density at radius 3 is 2.90 bits per heavy atom. The van der Waals surface area contributed by atoms with Crippen molar-refractivity contribution < 1.29 is 12.8 Å². The summed E-state index contributed by atoms with van der Waals surface area (Å²) in [6.07, 6.45) is 2.61. The minimum Gasteiger partial charge on any atom is -0.318 e. The van der Waals surface area contributed by atoms with Crippen molar-refractivity contribution in [3.05, 3.63) is 29.0 Å². The number of benzene rings is 1. The molecule has 0 aromatic heterocycles. The Hall–Kier alpha value is -0.690. The Morgan fingerprint density at radius 2 is 2.20 bits per heavy atom. The first-order chi connectivity index (χ1) is 9.46. The number of nitrogens with zero attached hydrogens (tertiary/aromatic N) is 1. The monoisotopic (exact) mass is 320 g/mol. The molecule has 0 bridgehead atoms. The maximum atomic E-state index is 13.3. The molecule has 1 aliphatic heterocycles. The molecule has 1 unspecified atom stereocenters. The van der Waals surface area contributed by atoms with Crippen molar-refractivity contribution in [2.45, 2.75) is 30.2 Å². The lowest BCUT2D eigenvalue weighted by atomic mass is 10.1. The molecule has 2 rings (SSSR count). The number of halogens is 2. The fourth-order valence-corrected chi connectivity index (χ4v) is 4.71. The molecule has 1 aromatic rings. The molecule has 1 atom stereocenters. The summed E-state index contributed by atoms with van der Waals surface area (Å²) in [4.78, 5) is -0.151. The van der Waals surface area contributed by atoms with E-state index in [2.05, 4.69) is 5.32 Å². The van der Waals surface area contributed by atoms with Crippen LogP contribution in [0.25, 0.3) is 0 Å². The van der Waals surface area contributed by atoms with E-state index in [1.807, 2.05) is 0 Å². The largest absolute Gasteiger partial charge is 0.318 e. The van der Waals surface area contributed by atoms with Crippen LogP contribution in [-0.2, 0) is 10.0 Å². The number of hydrogen-bond acceptors (Lipinski definition) is 3. The van der Waals surface area contributed by atoms with Crippen LogP contribution in [0.4, 0.5) is 4.39 Å². The molecule has 7 heteroatoms. The smallest absolute Gasteiger partial charge is 0.244 e. The molecule has 20 heavy (non-hydrogen) atoms. The number of hydrogen-bond donors (Lipinski definition) is 1. The van der Waals surface area contributed by atoms with Crippen LogP contribution in [0.3, 0.4) is 0 Å². The SMILES string of the molecule is CNCC1CCCCN1S(=O)(=O)c1cc(F)ccc1Cl. The van der Waals surface area contributed by atoms with Crippen molar-refractivity contribution in [3.63, 3.8) is 0 Å². The van der Waals surface area contributed by atoms with E-state index < -0.39 is 15.8 Å². The lowest BCUT2D eigenvalue weighted by molar-refractivity contribution is 0.249. The van der Waals surface area contributed by atoms with Crippen LogP contribution >= 0.6 is 11.6 Å². The van der Waals surface area contributed by atoms with Crippen LogP contribution in [0.5, 0.6) is 0 Å². The maximum Gasteiger partial charge on any atom is 0.244 e. The zero-order chi connectivity index (χ0) is 14.8. The fourth-order valence-electron chi connectivity index (χ4n) is 2.53. The Balaban J connectivity index is 2.39. The quantitative estimate of drug-likeness (QED) is 0.925. The van der Waals surface area contributed by atoms with Gasteiger partial charge in [-0.15, -0.1) is 0 Å². The van der Waals surface area contributed by atoms with E-state index in [0.29, 0.717) is 13.1 Å². The third-order valence-corrected chi connectivity index (χ3v) is 5.93. The first kappa shape index (κ1) is 15.7. The highest BCUT2D eigenvalue weighted by Crippen LogP contribution is 2.29. The second-order valence-electron chi connectivity index (χ2n) is 4.90. The Kier molecular flexibility index (Phi) is 5.01. The summed E-state index contributed by atoms with van der Waals surface area (Å²) < 4.78 is 40.2. The molecule has 112 valence electrons. The van der Waals surface area contributed by atoms with Crippen LogP contribution in [0.1, 0.15) is 19.3 Å². The molecule has 1 fully saturated rings. The standard InChI is InChI=1S/C13H18ClFN2O2S/c1-16-9-11-4-2-3-7-17(11)20(18,19)13-8-10(15)5-6-12(13)14/h5-6,8,11,16H,2-4,7,9H2,1H3. The molecule has 0 amide bonds. The molecular formula is C13H18ClFN2O2S. The van der Waals surface area contributed by atoms with Crippen molar-refractivity contribution >= 4 is 21.6 Å². The summed E-state index contributed by atoms with van der Waals surface area (Å²) in [6, 6.07) is 3.31. The molecule has 1 aromatic carbocycles. The average Bonchev–Trinajstić information content (AvgIpc) is 2.42. The van der Waals surface area contributed by atoms with Gasteiger partial charge in [-0.05, 0) is 38.1 Å². The molecule has 0 radical (unpaired) electrons. The normalized spacial score (nSPS) is 21.1. The van der Waals surface area contributed by atoms with Crippen LogP contribution in [0, 0.1) is 5.82 Å². The van der Waals surface area contributed by atoms with Crippen molar-refractivity contribution in [3.8, 4) is 0 Å². The Bertz CT molecular complexity index is 578. The molecule has 0 saturated carbocycles. The van der Waals surface area contributed by atoms with Gasteiger partial charge in [0.05, 0.1) is 5.02 Å². The number of sulfonamides is 1. The fraction of sp³-hybridized carbons (Fsp3) is 0.538. The predicted molar refractivity (Wildman–Crippen MR) is 76.9 cm³/mol. The highest BCUT2D eigenvalue weighted by molar-refractivity contribution is 7.89. The predicted octanol–water partition coefficient (Wildman–Crippen LogP) is 2.24. The van der Waals surface area contributed by atoms with Crippen molar-refractivity contribution in [2.24, 2.45) is 0 Å². The minimum absolute atomic E-state index is 0.0557. The van der Waals surface area contributed by atoms with E-state index in [-0.39, 0.29) is 16.0 Å². The Labute approximate surface area is 124 Å². The van der Waals surface area contributed by atoms with Gasteiger partial charge in [0.1, 0.15) is 10.7 Å². The van der Waals surface area contributed by atoms with Crippen molar-refractivity contribution in [2.75, 3.05) is 20.1 Å². The van der Waals surface area contributed by atoms with Gasteiger partial charge in [-0.1, -0.05) is 18.0 Å². The van der Waals surface area contributed by atoms with Crippen LogP contribution in [0.2, 0.25) is 5.02 Å². The average molecular weight is 321 g/mol. The summed E-state index contributed by atoms with van der Waals surface area (Å²) in [5.74, 6) is -0.602. The van der Waals surface area contributed by atoms with Crippen LogP contribution in [-0.4, -0.2) is 38.9 Å². The van der Waals surface area contributed by atoms with E-state index in [0.717, 1.165) is 31.4 Å². The molecule has 1 heterocycles. The summed E-state index contributed by atoms with van der Waals surface area (Å²) in [6.45, 7) is 1.02. The van der Waals surface area contributed by atoms with Gasteiger partial charge in [-0.2, -0.15) is 4.31 Å². The molecule has 0 aliphatic carbocycles. The lowest BCUT2D eigenvalue weighted by Crippen LogP contribution is -2.47. The second-order valence-corrected chi connectivity index (χ2v) is 7.16. The lowest BCUT2D eigenvalue weighted by Gasteiger charge is -2.34. The van der Waals surface area contributed by atoms with Crippen molar-refractivity contribution in [1.82, 2.24) is 9.62 Å².